The van der Waals surface area contributed by atoms with E-state index in [4.69, 9.17) is 17.2 Å². The van der Waals surface area contributed by atoms with Crippen molar-refractivity contribution in [2.24, 2.45) is 23.1 Å². The molecule has 3 aromatic heterocycles. The number of imidazole rings is 1. The van der Waals surface area contributed by atoms with E-state index in [1.165, 1.54) is 86.8 Å². The number of hydrogen-bond acceptors (Lipinski definition) is 23. The van der Waals surface area contributed by atoms with Gasteiger partial charge in [-0.25, -0.2) is 9.37 Å². The fourth-order valence-electron chi connectivity index (χ4n) is 18.5. The number of carbonyl (C=O) groups is 18. The Hall–Kier alpha value is -14.4. The smallest absolute Gasteiger partial charge is 0.303 e. The van der Waals surface area contributed by atoms with Crippen molar-refractivity contribution < 1.29 is 106 Å². The summed E-state index contributed by atoms with van der Waals surface area (Å²) in [6, 6.07) is 3.74. The first-order chi connectivity index (χ1) is 69.9. The molecule has 0 radical (unpaired) electrons. The lowest BCUT2D eigenvalue weighted by molar-refractivity contribution is -0.149. The second-order valence-corrected chi connectivity index (χ2v) is 38.5. The van der Waals surface area contributed by atoms with Gasteiger partial charge in [-0.2, -0.15) is 0 Å². The number of carboxylic acid groups (broad SMARTS) is 2. The lowest BCUT2D eigenvalue weighted by Crippen LogP contribution is -2.61. The molecular weight excluding hydrogens is 1910 g/mol. The summed E-state index contributed by atoms with van der Waals surface area (Å²) in [6.45, 7) is 4.16. The maximum atomic E-state index is 16.1. The fraction of sp³-hybridized carbons (Fsp3) is 0.515. The number of aliphatic carboxylic acids is 2. The van der Waals surface area contributed by atoms with E-state index in [9.17, 15) is 58.1 Å². The summed E-state index contributed by atoms with van der Waals surface area (Å²) in [5, 5.41) is 58.8. The van der Waals surface area contributed by atoms with E-state index in [0.29, 0.717) is 87.9 Å². The minimum absolute atomic E-state index is 0.0243. The maximum absolute atomic E-state index is 16.1. The molecule has 6 heterocycles. The van der Waals surface area contributed by atoms with E-state index in [0.717, 1.165) is 14.7 Å². The first kappa shape index (κ1) is 114. The molecule has 16 amide bonds. The summed E-state index contributed by atoms with van der Waals surface area (Å²) in [4.78, 5) is 286. The first-order valence-corrected chi connectivity index (χ1v) is 50.8. The molecule has 0 saturated carbocycles. The van der Waals surface area contributed by atoms with Gasteiger partial charge in [0, 0.05) is 119 Å². The number of hydrogen-bond donors (Lipinski definition) is 19. The van der Waals surface area contributed by atoms with Crippen LogP contribution in [0, 0.1) is 11.7 Å². The lowest BCUT2D eigenvalue weighted by Gasteiger charge is -2.36. The van der Waals surface area contributed by atoms with Crippen molar-refractivity contribution in [1.82, 2.24) is 97.6 Å². The quantitative estimate of drug-likeness (QED) is 0.0259. The van der Waals surface area contributed by atoms with Crippen LogP contribution in [0.4, 0.5) is 4.39 Å². The molecule has 7 aromatic rings. The topological polar surface area (TPSA) is 643 Å². The van der Waals surface area contributed by atoms with Crippen molar-refractivity contribution in [3.05, 3.63) is 156 Å². The number of fused-ring (bicyclic) bond motifs is 4. The van der Waals surface area contributed by atoms with Gasteiger partial charge >= 0.3 is 11.9 Å². The van der Waals surface area contributed by atoms with Gasteiger partial charge < -0.3 is 125 Å². The Morgan fingerprint density at radius 3 is 1.57 bits per heavy atom. The number of phenolic OH excluding ortho intramolecular Hbond substituents is 1. The van der Waals surface area contributed by atoms with Crippen LogP contribution < -0.4 is 70.4 Å². The van der Waals surface area contributed by atoms with Crippen LogP contribution in [0.25, 0.3) is 21.8 Å². The molecule has 3 saturated heterocycles. The number of phenols is 1. The first-order valence-electron chi connectivity index (χ1n) is 49.6. The number of H-pyrrole nitrogens is 3. The number of primary amides is 1. The van der Waals surface area contributed by atoms with Gasteiger partial charge in [0.25, 0.3) is 0 Å². The Balaban J connectivity index is 1.06. The Morgan fingerprint density at radius 1 is 0.486 bits per heavy atom. The number of aromatic hydroxyl groups is 1. The van der Waals surface area contributed by atoms with Crippen molar-refractivity contribution >= 4 is 140 Å². The second kappa shape index (κ2) is 55.6. The predicted octanol–water partition coefficient (Wildman–Crippen LogP) is 1.52. The van der Waals surface area contributed by atoms with Crippen LogP contribution in [-0.4, -0.2) is 316 Å². The number of para-hydroxylation sites is 2. The number of nitrogens with two attached hydrogens (primary N) is 3. The highest BCUT2D eigenvalue weighted by molar-refractivity contribution is 8.00. The number of benzene rings is 4. The van der Waals surface area contributed by atoms with Crippen LogP contribution in [0.2, 0.25) is 0 Å². The third-order valence-electron chi connectivity index (χ3n) is 26.8. The van der Waals surface area contributed by atoms with Crippen LogP contribution in [0.1, 0.15) is 171 Å². The van der Waals surface area contributed by atoms with Gasteiger partial charge in [0.1, 0.15) is 96.2 Å². The number of rotatable bonds is 33. The molecular formula is C101H137FN22O21S. The highest BCUT2D eigenvalue weighted by Crippen LogP contribution is 2.32. The summed E-state index contributed by atoms with van der Waals surface area (Å²) in [5.41, 5.74) is 21.2. The van der Waals surface area contributed by atoms with E-state index < -0.39 is 247 Å². The molecule has 4 aromatic carbocycles. The van der Waals surface area contributed by atoms with Gasteiger partial charge in [-0.1, -0.05) is 100 Å². The van der Waals surface area contributed by atoms with Crippen LogP contribution in [0.15, 0.2) is 122 Å². The SMILES string of the molecule is CCCC[C@H]1C(=O)N(C)[C@@H](CCCC)C(=O)N[C@@H](CCC(=O)O)C(=O)N[C@H](C(=O)NCC(N)=O)CSCC(=O)N[C@@H](Cc2ccc(O)cc2)C(=O)N(C)[C@@H](C)C(=O)N[C@@H](CCC(=O)O)C(=O)N2CCC[C@H]2C(=O)N[C@@H](Cc2c[nH]cn2)C(=O)N[C@@H](CCCCN)C(=O)N2C[C@H](Cc3ccc(F)cc3)C[C@H]2C(=O)N[C@@H](Cc2c[nH]c3ccccc23)C(=O)N[C@@H](CCCCN)C(=O)N[C@@H](Cc2c[nH]c3ccccc23)C(=O)N1C. The summed E-state index contributed by atoms with van der Waals surface area (Å²) in [6.07, 6.45) is 4.89. The number of nitrogens with zero attached hydrogens (tertiary/aromatic N) is 6. The molecule has 0 unspecified atom stereocenters. The molecule has 22 N–H and O–H groups in total. The van der Waals surface area contributed by atoms with Crippen molar-refractivity contribution in [3.8, 4) is 5.75 Å². The van der Waals surface area contributed by atoms with Crippen LogP contribution in [0.5, 0.6) is 5.75 Å². The lowest BCUT2D eigenvalue weighted by atomic mass is 9.96. The number of aromatic nitrogens is 4. The summed E-state index contributed by atoms with van der Waals surface area (Å²) < 4.78 is 14.7. The Bertz CT molecular complexity index is 5710. The minimum Gasteiger partial charge on any atom is -0.508 e. The van der Waals surface area contributed by atoms with E-state index in [2.05, 4.69) is 73.1 Å². The van der Waals surface area contributed by atoms with E-state index in [1.807, 2.05) is 13.8 Å². The van der Waals surface area contributed by atoms with Gasteiger partial charge in [0.2, 0.25) is 94.5 Å². The number of halogens is 1. The molecule has 45 heteroatoms. The van der Waals surface area contributed by atoms with Gasteiger partial charge in [0.05, 0.1) is 24.3 Å². The highest BCUT2D eigenvalue weighted by atomic mass is 32.2. The molecule has 790 valence electrons. The Morgan fingerprint density at radius 2 is 0.973 bits per heavy atom. The molecule has 15 atom stereocenters. The van der Waals surface area contributed by atoms with Crippen molar-refractivity contribution in [2.75, 3.05) is 65.4 Å². The van der Waals surface area contributed by atoms with Gasteiger partial charge in [0.15, 0.2) is 0 Å². The molecule has 3 fully saturated rings. The number of nitrogens with one attached hydrogen (secondary N) is 13. The third-order valence-corrected chi connectivity index (χ3v) is 27.8. The van der Waals surface area contributed by atoms with Crippen LogP contribution in [0.3, 0.4) is 0 Å². The predicted molar refractivity (Wildman–Crippen MR) is 537 cm³/mol. The standard InChI is InChI=1S/C101H137FN22O21S/c1-7-9-26-80-94(138)113-72(37-39-86(128)129)91(135)119-79(89(133)109-53-84(105)126)55-146-56-85(127)111-77(45-60-31-35-66(125)36-32-60)97(141)120(4)58(3)88(132)114-74(38-40-87(130)131)99(143)123-43-19-28-81(123)95(139)117-76(49-65-52-106-57-110-65)93(137)115-73(25-16-18-42-104)100(144)124-54-61(44-59-29-33-64(102)34-30-59)46-83(124)96(140)116-75(47-62-50-107-69-22-13-11-20-67(62)69)92(136)112-71(24-15-17-41-103)90(134)118-78(48-63-51-108-70-23-14-12-21-68(63)70)98(142)122(6)82(27-10-8-2)101(145)121(80)5/h11-14,20-23,29-36,50-52,57-58,61,71-83,107-108,125H,7-10,15-19,24-28,37-49,53-56,103-104H2,1-6H3,(H2,105,126)(H,106,110)(H,109,133)(H,111,127)(H,112,136)(H,113,138)(H,114,132)(H,115,137)(H,116,140)(H,117,139)(H,118,134)(H,119,135)(H,128,129)(H,130,131)/t58-,61+,71-,72-,73-,74-,75-,76-,77-,78-,79-,80-,81-,82-,83-/m0/s1. The fourth-order valence-corrected chi connectivity index (χ4v) is 19.3. The Kier molecular flexibility index (Phi) is 43.3. The molecule has 10 rings (SSSR count). The van der Waals surface area contributed by atoms with Gasteiger partial charge in [-0.15, -0.1) is 11.8 Å². The number of carbonyl (C=O) groups excluding carboxylic acids is 16. The minimum atomic E-state index is -1.80. The van der Waals surface area contributed by atoms with Crippen LogP contribution in [-0.2, 0) is 118 Å². The largest absolute Gasteiger partial charge is 0.508 e. The molecule has 0 bridgehead atoms. The maximum Gasteiger partial charge on any atom is 0.303 e. The van der Waals surface area contributed by atoms with Gasteiger partial charge in [-0.05, 0) is 174 Å². The molecule has 43 nitrogen and oxygen atoms in total. The van der Waals surface area contributed by atoms with Crippen molar-refractivity contribution in [3.63, 3.8) is 0 Å². The summed E-state index contributed by atoms with van der Waals surface area (Å²) in [7, 11) is 3.89. The average Bonchev–Trinajstić information content (AvgIpc) is 1.67. The van der Waals surface area contributed by atoms with E-state index in [-0.39, 0.29) is 134 Å². The number of thioether (sulfide) groups is 1. The normalized spacial score (nSPS) is 23.8. The Labute approximate surface area is 848 Å². The second-order valence-electron chi connectivity index (χ2n) is 37.5. The summed E-state index contributed by atoms with van der Waals surface area (Å²) in [5.74, 6) is -20.0. The van der Waals surface area contributed by atoms with E-state index >= 15 is 47.9 Å². The number of unbranched alkanes of at least 4 members (excludes halogenated alkanes) is 4. The van der Waals surface area contributed by atoms with E-state index in [1.54, 1.807) is 73.1 Å². The molecule has 146 heavy (non-hydrogen) atoms. The number of likely N-dealkylation sites (N-methyl/N-ethyl adjacent to an activating group) is 3. The number of aromatic amines is 3. The number of amides is 16. The molecule has 3 aliphatic rings. The third kappa shape index (κ3) is 32.3. The van der Waals surface area contributed by atoms with Crippen molar-refractivity contribution in [2.45, 2.75) is 259 Å². The van der Waals surface area contributed by atoms with Gasteiger partial charge in [-0.3, -0.25) is 86.3 Å². The van der Waals surface area contributed by atoms with Crippen molar-refractivity contribution in [1.29, 1.82) is 0 Å². The molecule has 0 aliphatic carbocycles. The zero-order valence-electron chi connectivity index (χ0n) is 83.0. The summed E-state index contributed by atoms with van der Waals surface area (Å²) >= 11 is 0.711. The molecule has 0 spiro atoms. The van der Waals surface area contributed by atoms with Crippen LogP contribution >= 0.6 is 11.8 Å². The number of carboxylic acids is 2. The zero-order valence-corrected chi connectivity index (χ0v) is 83.8. The monoisotopic (exact) mass is 2050 g/mol. The zero-order chi connectivity index (χ0) is 106. The highest BCUT2D eigenvalue weighted by Gasteiger charge is 2.47. The average molecular weight is 2050 g/mol. The molecule has 3 aliphatic heterocycles.